The van der Waals surface area contributed by atoms with Crippen LogP contribution < -0.4 is 9.80 Å². The van der Waals surface area contributed by atoms with Gasteiger partial charge in [-0.25, -0.2) is 15.0 Å². The highest BCUT2D eigenvalue weighted by Gasteiger charge is 2.36. The monoisotopic (exact) mass is 354 g/mol. The maximum Gasteiger partial charge on any atom is 0.300 e. The van der Waals surface area contributed by atoms with E-state index in [1.165, 1.54) is 0 Å². The van der Waals surface area contributed by atoms with Crippen molar-refractivity contribution in [3.8, 4) is 0 Å². The summed E-state index contributed by atoms with van der Waals surface area (Å²) in [5, 5.41) is 9.76. The lowest BCUT2D eigenvalue weighted by molar-refractivity contribution is 0.188. The van der Waals surface area contributed by atoms with Crippen LogP contribution in [0.5, 0.6) is 0 Å². The van der Waals surface area contributed by atoms with Gasteiger partial charge in [-0.15, -0.1) is 0 Å². The number of anilines is 2. The van der Waals surface area contributed by atoms with Gasteiger partial charge in [0.15, 0.2) is 11.4 Å². The van der Waals surface area contributed by atoms with Crippen LogP contribution in [-0.2, 0) is 0 Å². The molecular weight excluding hydrogens is 332 g/mol. The van der Waals surface area contributed by atoms with Gasteiger partial charge < -0.3 is 19.3 Å². The topological polar surface area (TPSA) is 91.4 Å². The Morgan fingerprint density at radius 3 is 2.73 bits per heavy atom. The molecule has 1 saturated heterocycles. The summed E-state index contributed by atoms with van der Waals surface area (Å²) in [5.41, 5.74) is 1.12. The lowest BCUT2D eigenvalue weighted by Crippen LogP contribution is -2.60. The van der Waals surface area contributed by atoms with E-state index in [2.05, 4.69) is 43.6 Å². The number of hydrogen-bond donors (Lipinski definition) is 1. The fourth-order valence-corrected chi connectivity index (χ4v) is 3.35. The van der Waals surface area contributed by atoms with Crippen LogP contribution in [0.1, 0.15) is 32.7 Å². The van der Waals surface area contributed by atoms with Crippen LogP contribution in [0.2, 0.25) is 0 Å². The zero-order valence-electron chi connectivity index (χ0n) is 15.1. The quantitative estimate of drug-likeness (QED) is 0.765. The minimum absolute atomic E-state index is 0.198. The predicted octanol–water partition coefficient (Wildman–Crippen LogP) is 2.17. The van der Waals surface area contributed by atoms with Gasteiger partial charge in [0.05, 0.1) is 5.54 Å². The molecule has 4 heterocycles. The van der Waals surface area contributed by atoms with Crippen LogP contribution in [-0.4, -0.2) is 50.2 Å². The normalized spacial score (nSPS) is 18.3. The van der Waals surface area contributed by atoms with Crippen LogP contribution in [0.25, 0.3) is 11.2 Å². The lowest BCUT2D eigenvalue weighted by Gasteiger charge is -2.47. The van der Waals surface area contributed by atoms with Gasteiger partial charge in [0.25, 0.3) is 6.01 Å². The Morgan fingerprint density at radius 1 is 1.15 bits per heavy atom. The molecule has 1 aliphatic rings. The molecule has 1 unspecified atom stereocenters. The number of pyridine rings is 1. The van der Waals surface area contributed by atoms with E-state index in [0.717, 1.165) is 25.5 Å². The van der Waals surface area contributed by atoms with Crippen molar-refractivity contribution in [2.75, 3.05) is 29.4 Å². The van der Waals surface area contributed by atoms with E-state index < -0.39 is 6.10 Å². The number of aromatic nitrogens is 4. The highest BCUT2D eigenvalue weighted by Crippen LogP contribution is 2.30. The Labute approximate surface area is 151 Å². The largest absolute Gasteiger partial charge is 0.422 e. The molecule has 0 radical (unpaired) electrons. The summed E-state index contributed by atoms with van der Waals surface area (Å²) >= 11 is 0. The highest BCUT2D eigenvalue weighted by atomic mass is 16.4. The zero-order valence-corrected chi connectivity index (χ0v) is 15.1. The fourth-order valence-electron chi connectivity index (χ4n) is 3.35. The predicted molar refractivity (Wildman–Crippen MR) is 98.1 cm³/mol. The third-order valence-electron chi connectivity index (χ3n) is 4.64. The van der Waals surface area contributed by atoms with Gasteiger partial charge in [-0.3, -0.25) is 0 Å². The van der Waals surface area contributed by atoms with Crippen LogP contribution in [0.3, 0.4) is 0 Å². The standard InChI is InChI=1S/C18H22N6O2/c1-12(25)15-20-8-6-14(21-15)24-10-9-23(11-18(24,2)3)17-22-16-13(26-17)5-4-7-19-16/h4-8,12,25H,9-11H2,1-3H3. The first-order valence-corrected chi connectivity index (χ1v) is 8.69. The van der Waals surface area contributed by atoms with Gasteiger partial charge in [-0.1, -0.05) is 0 Å². The van der Waals surface area contributed by atoms with Crippen LogP contribution in [0.4, 0.5) is 11.8 Å². The second-order valence-electron chi connectivity index (χ2n) is 7.16. The Morgan fingerprint density at radius 2 is 2.00 bits per heavy atom. The van der Waals surface area contributed by atoms with Crippen molar-refractivity contribution in [1.82, 2.24) is 19.9 Å². The molecule has 0 saturated carbocycles. The van der Waals surface area contributed by atoms with Crippen molar-refractivity contribution in [2.24, 2.45) is 0 Å². The smallest absolute Gasteiger partial charge is 0.300 e. The van der Waals surface area contributed by atoms with Crippen LogP contribution in [0.15, 0.2) is 35.0 Å². The van der Waals surface area contributed by atoms with Crippen molar-refractivity contribution in [1.29, 1.82) is 0 Å². The average molecular weight is 354 g/mol. The van der Waals surface area contributed by atoms with Gasteiger partial charge in [-0.2, -0.15) is 4.98 Å². The van der Waals surface area contributed by atoms with Gasteiger partial charge in [0.1, 0.15) is 11.9 Å². The second kappa shape index (κ2) is 6.21. The van der Waals surface area contributed by atoms with E-state index in [1.807, 2.05) is 18.2 Å². The minimum Gasteiger partial charge on any atom is -0.422 e. The maximum atomic E-state index is 9.76. The lowest BCUT2D eigenvalue weighted by atomic mass is 9.99. The summed E-state index contributed by atoms with van der Waals surface area (Å²) in [6.07, 6.45) is 2.72. The first kappa shape index (κ1) is 16.7. The number of oxazole rings is 1. The molecule has 1 fully saturated rings. The fraction of sp³-hybridized carbons (Fsp3) is 0.444. The molecule has 3 aromatic rings. The molecule has 3 aromatic heterocycles. The zero-order chi connectivity index (χ0) is 18.3. The summed E-state index contributed by atoms with van der Waals surface area (Å²) in [5.74, 6) is 1.26. The van der Waals surface area contributed by atoms with Crippen molar-refractivity contribution >= 4 is 23.1 Å². The van der Waals surface area contributed by atoms with Crippen molar-refractivity contribution in [2.45, 2.75) is 32.4 Å². The summed E-state index contributed by atoms with van der Waals surface area (Å²) in [6, 6.07) is 6.19. The van der Waals surface area contributed by atoms with E-state index in [1.54, 1.807) is 19.3 Å². The number of rotatable bonds is 3. The molecule has 0 spiro atoms. The molecule has 1 aliphatic heterocycles. The molecule has 0 aliphatic carbocycles. The Hall–Kier alpha value is -2.74. The van der Waals surface area contributed by atoms with E-state index in [4.69, 9.17) is 4.42 Å². The highest BCUT2D eigenvalue weighted by molar-refractivity contribution is 5.69. The SMILES string of the molecule is CC(O)c1nccc(N2CCN(c3nc4ncccc4o3)CC2(C)C)n1. The molecule has 136 valence electrons. The van der Waals surface area contributed by atoms with E-state index in [-0.39, 0.29) is 5.54 Å². The molecule has 1 atom stereocenters. The molecule has 0 amide bonds. The van der Waals surface area contributed by atoms with E-state index >= 15 is 0 Å². The number of aliphatic hydroxyl groups is 1. The third-order valence-corrected chi connectivity index (χ3v) is 4.64. The summed E-state index contributed by atoms with van der Waals surface area (Å²) in [4.78, 5) is 21.8. The van der Waals surface area contributed by atoms with Crippen LogP contribution >= 0.6 is 0 Å². The Kier molecular flexibility index (Phi) is 3.99. The molecule has 0 bridgehead atoms. The molecular formula is C18H22N6O2. The number of piperazine rings is 1. The summed E-state index contributed by atoms with van der Waals surface area (Å²) in [7, 11) is 0. The number of fused-ring (bicyclic) bond motifs is 1. The average Bonchev–Trinajstić information content (AvgIpc) is 3.05. The number of aliphatic hydroxyl groups excluding tert-OH is 1. The molecule has 0 aromatic carbocycles. The van der Waals surface area contributed by atoms with Crippen LogP contribution in [0, 0.1) is 0 Å². The van der Waals surface area contributed by atoms with Crippen molar-refractivity contribution < 1.29 is 9.52 Å². The van der Waals surface area contributed by atoms with E-state index in [9.17, 15) is 5.11 Å². The number of nitrogens with zero attached hydrogens (tertiary/aromatic N) is 6. The van der Waals surface area contributed by atoms with Crippen molar-refractivity contribution in [3.05, 3.63) is 36.4 Å². The van der Waals surface area contributed by atoms with Gasteiger partial charge in [-0.05, 0) is 39.0 Å². The first-order chi connectivity index (χ1) is 12.4. The van der Waals surface area contributed by atoms with Gasteiger partial charge in [0, 0.05) is 32.0 Å². The minimum atomic E-state index is -0.688. The second-order valence-corrected chi connectivity index (χ2v) is 7.16. The number of hydrogen-bond acceptors (Lipinski definition) is 8. The third kappa shape index (κ3) is 2.96. The van der Waals surface area contributed by atoms with E-state index in [0.29, 0.717) is 23.1 Å². The Bertz CT molecular complexity index is 890. The van der Waals surface area contributed by atoms with Crippen molar-refractivity contribution in [3.63, 3.8) is 0 Å². The van der Waals surface area contributed by atoms with Gasteiger partial charge >= 0.3 is 0 Å². The molecule has 26 heavy (non-hydrogen) atoms. The molecule has 4 rings (SSSR count). The molecule has 8 heteroatoms. The molecule has 8 nitrogen and oxygen atoms in total. The molecule has 1 N–H and O–H groups in total. The Balaban J connectivity index is 1.58. The summed E-state index contributed by atoms with van der Waals surface area (Å²) < 4.78 is 5.87. The first-order valence-electron chi connectivity index (χ1n) is 8.69. The summed E-state index contributed by atoms with van der Waals surface area (Å²) in [6.45, 7) is 8.23. The van der Waals surface area contributed by atoms with Gasteiger partial charge in [0.2, 0.25) is 5.65 Å². The maximum absolute atomic E-state index is 9.76.